The van der Waals surface area contributed by atoms with Crippen LogP contribution in [0.5, 0.6) is 0 Å². The lowest BCUT2D eigenvalue weighted by Gasteiger charge is -2.18. The first-order valence-corrected chi connectivity index (χ1v) is 11.2. The number of hydrogen-bond donors (Lipinski definition) is 4. The molecule has 5 N–H and O–H groups in total. The molecule has 3 amide bonds. The first kappa shape index (κ1) is 21.3. The Balaban J connectivity index is 1.71. The van der Waals surface area contributed by atoms with E-state index in [4.69, 9.17) is 5.73 Å². The number of halogens is 1. The number of anilines is 1. The molecule has 1 aliphatic carbocycles. The van der Waals surface area contributed by atoms with Gasteiger partial charge in [0.25, 0.3) is 0 Å². The number of carbonyl (C=O) groups is 2. The topological polar surface area (TPSA) is 130 Å². The maximum Gasteiger partial charge on any atom is 0.312 e. The molecule has 1 fully saturated rings. The van der Waals surface area contributed by atoms with Crippen molar-refractivity contribution < 1.29 is 18.0 Å². The smallest absolute Gasteiger partial charge is 0.312 e. The molecule has 154 valence electrons. The zero-order chi connectivity index (χ0) is 21.0. The van der Waals surface area contributed by atoms with Crippen molar-refractivity contribution in [2.45, 2.75) is 36.2 Å². The first-order chi connectivity index (χ1) is 13.7. The largest absolute Gasteiger partial charge is 0.352 e. The van der Waals surface area contributed by atoms with Crippen molar-refractivity contribution in [3.8, 4) is 0 Å². The fourth-order valence-corrected chi connectivity index (χ4v) is 4.54. The van der Waals surface area contributed by atoms with E-state index in [-0.39, 0.29) is 17.4 Å². The highest BCUT2D eigenvalue weighted by Gasteiger charge is 2.28. The molecule has 3 rings (SSSR count). The lowest BCUT2D eigenvalue weighted by molar-refractivity contribution is -0.116. The van der Waals surface area contributed by atoms with Crippen molar-refractivity contribution >= 4 is 43.6 Å². The van der Waals surface area contributed by atoms with Crippen LogP contribution < -0.4 is 21.1 Å². The van der Waals surface area contributed by atoms with E-state index in [1.165, 1.54) is 12.1 Å². The second kappa shape index (κ2) is 8.93. The third-order valence-corrected chi connectivity index (χ3v) is 6.30. The van der Waals surface area contributed by atoms with Crippen molar-refractivity contribution in [1.82, 2.24) is 10.0 Å². The van der Waals surface area contributed by atoms with Crippen LogP contribution >= 0.6 is 15.9 Å². The number of carbonyl (C=O) groups excluding carboxylic acids is 2. The minimum Gasteiger partial charge on any atom is -0.352 e. The molecular formula is C19H21BrN4O4S. The molecule has 0 spiro atoms. The van der Waals surface area contributed by atoms with E-state index < -0.39 is 28.0 Å². The molecule has 1 saturated carbocycles. The lowest BCUT2D eigenvalue weighted by atomic mass is 10.0. The Kier molecular flexibility index (Phi) is 6.56. The highest BCUT2D eigenvalue weighted by molar-refractivity contribution is 9.10. The van der Waals surface area contributed by atoms with E-state index >= 15 is 0 Å². The van der Waals surface area contributed by atoms with Gasteiger partial charge in [0.1, 0.15) is 0 Å². The maximum absolute atomic E-state index is 12.5. The molecule has 2 aromatic carbocycles. The number of primary amides is 1. The van der Waals surface area contributed by atoms with Crippen LogP contribution in [0.3, 0.4) is 0 Å². The molecule has 0 saturated heterocycles. The van der Waals surface area contributed by atoms with E-state index in [9.17, 15) is 18.0 Å². The molecule has 2 aromatic rings. The fourth-order valence-electron chi connectivity index (χ4n) is 2.77. The minimum atomic E-state index is -3.62. The molecule has 0 heterocycles. The summed E-state index contributed by atoms with van der Waals surface area (Å²) in [5.41, 5.74) is 6.30. The summed E-state index contributed by atoms with van der Waals surface area (Å²) in [7, 11) is -3.62. The fraction of sp³-hybridized carbons (Fsp3) is 0.263. The summed E-state index contributed by atoms with van der Waals surface area (Å²) in [6.07, 6.45) is 1.59. The third kappa shape index (κ3) is 6.28. The van der Waals surface area contributed by atoms with Gasteiger partial charge in [-0.2, -0.15) is 0 Å². The van der Waals surface area contributed by atoms with Gasteiger partial charge in [0.2, 0.25) is 15.9 Å². The number of hydrogen-bond acceptors (Lipinski definition) is 4. The van der Waals surface area contributed by atoms with Crippen LogP contribution in [0.15, 0.2) is 57.9 Å². The Morgan fingerprint density at radius 2 is 1.86 bits per heavy atom. The minimum absolute atomic E-state index is 0.0101. The first-order valence-electron chi connectivity index (χ1n) is 8.96. The SMILES string of the molecule is NC(=O)NC(CC(=O)Nc1cccc(S(=O)(=O)NC2CC2)c1)c1cccc(Br)c1. The van der Waals surface area contributed by atoms with Crippen molar-refractivity contribution in [2.75, 3.05) is 5.32 Å². The predicted octanol–water partition coefficient (Wildman–Crippen LogP) is 2.63. The maximum atomic E-state index is 12.5. The highest BCUT2D eigenvalue weighted by atomic mass is 79.9. The number of nitrogens with two attached hydrogens (primary N) is 1. The molecule has 1 aliphatic rings. The molecule has 8 nitrogen and oxygen atoms in total. The summed E-state index contributed by atoms with van der Waals surface area (Å²) in [6.45, 7) is 0. The normalized spacial score (nSPS) is 14.8. The molecule has 0 aromatic heterocycles. The zero-order valence-electron chi connectivity index (χ0n) is 15.4. The van der Waals surface area contributed by atoms with Gasteiger partial charge in [0.15, 0.2) is 0 Å². The van der Waals surface area contributed by atoms with Gasteiger partial charge >= 0.3 is 6.03 Å². The quantitative estimate of drug-likeness (QED) is 0.462. The Hall–Kier alpha value is -2.43. The second-order valence-corrected chi connectivity index (χ2v) is 9.42. The molecule has 0 aliphatic heterocycles. The number of nitrogens with one attached hydrogen (secondary N) is 3. The summed E-state index contributed by atoms with van der Waals surface area (Å²) in [6, 6.07) is 11.8. The highest BCUT2D eigenvalue weighted by Crippen LogP contribution is 2.24. The van der Waals surface area contributed by atoms with Gasteiger partial charge < -0.3 is 16.4 Å². The van der Waals surface area contributed by atoms with Crippen molar-refractivity contribution in [1.29, 1.82) is 0 Å². The molecule has 1 unspecified atom stereocenters. The Morgan fingerprint density at radius 1 is 1.14 bits per heavy atom. The van der Waals surface area contributed by atoms with E-state index in [1.54, 1.807) is 30.3 Å². The summed E-state index contributed by atoms with van der Waals surface area (Å²) in [4.78, 5) is 24.0. The van der Waals surface area contributed by atoms with Crippen molar-refractivity contribution in [3.05, 3.63) is 58.6 Å². The summed E-state index contributed by atoms with van der Waals surface area (Å²) < 4.78 is 28.1. The van der Waals surface area contributed by atoms with E-state index in [0.29, 0.717) is 11.3 Å². The third-order valence-electron chi connectivity index (χ3n) is 4.28. The second-order valence-electron chi connectivity index (χ2n) is 6.79. The van der Waals surface area contributed by atoms with Gasteiger partial charge in [0.05, 0.1) is 17.4 Å². The molecule has 0 bridgehead atoms. The standard InChI is InChI=1S/C19H21BrN4O4S/c20-13-4-1-3-12(9-13)17(23-19(21)26)11-18(25)22-15-5-2-6-16(10-15)29(27,28)24-14-7-8-14/h1-6,9-10,14,17,24H,7-8,11H2,(H,22,25)(H3,21,23,26). The van der Waals surface area contributed by atoms with Gasteiger partial charge in [-0.05, 0) is 48.7 Å². The Morgan fingerprint density at radius 3 is 2.52 bits per heavy atom. The molecule has 0 radical (unpaired) electrons. The van der Waals surface area contributed by atoms with E-state index in [2.05, 4.69) is 31.3 Å². The van der Waals surface area contributed by atoms with Crippen LogP contribution in [0, 0.1) is 0 Å². The van der Waals surface area contributed by atoms with Gasteiger partial charge in [-0.1, -0.05) is 34.1 Å². The number of sulfonamides is 1. The van der Waals surface area contributed by atoms with Crippen LogP contribution in [-0.4, -0.2) is 26.4 Å². The summed E-state index contributed by atoms with van der Waals surface area (Å²) in [5.74, 6) is -0.395. The van der Waals surface area contributed by atoms with Gasteiger partial charge in [-0.15, -0.1) is 0 Å². The van der Waals surface area contributed by atoms with Crippen LogP contribution in [-0.2, 0) is 14.8 Å². The zero-order valence-corrected chi connectivity index (χ0v) is 17.8. The molecule has 10 heteroatoms. The molecular weight excluding hydrogens is 460 g/mol. The van der Waals surface area contributed by atoms with Gasteiger partial charge in [-0.3, -0.25) is 4.79 Å². The van der Waals surface area contributed by atoms with Crippen molar-refractivity contribution in [3.63, 3.8) is 0 Å². The van der Waals surface area contributed by atoms with Crippen molar-refractivity contribution in [2.24, 2.45) is 5.73 Å². The van der Waals surface area contributed by atoms with Gasteiger partial charge in [-0.25, -0.2) is 17.9 Å². The van der Waals surface area contributed by atoms with Gasteiger partial charge in [0, 0.05) is 16.2 Å². The lowest BCUT2D eigenvalue weighted by Crippen LogP contribution is -2.35. The number of rotatable bonds is 8. The van der Waals surface area contributed by atoms with Crippen LogP contribution in [0.2, 0.25) is 0 Å². The Bertz CT molecular complexity index is 1020. The number of amides is 3. The average molecular weight is 481 g/mol. The van der Waals surface area contributed by atoms with Crippen LogP contribution in [0.1, 0.15) is 30.9 Å². The van der Waals surface area contributed by atoms with E-state index in [0.717, 1.165) is 17.3 Å². The summed E-state index contributed by atoms with van der Waals surface area (Å²) in [5, 5.41) is 5.23. The summed E-state index contributed by atoms with van der Waals surface area (Å²) >= 11 is 3.36. The Labute approximate surface area is 177 Å². The van der Waals surface area contributed by atoms with E-state index in [1.807, 2.05) is 6.07 Å². The average Bonchev–Trinajstić information content (AvgIpc) is 3.44. The monoisotopic (exact) mass is 480 g/mol. The molecule has 29 heavy (non-hydrogen) atoms. The number of urea groups is 1. The number of benzene rings is 2. The van der Waals surface area contributed by atoms with Crippen LogP contribution in [0.4, 0.5) is 10.5 Å². The predicted molar refractivity (Wildman–Crippen MR) is 113 cm³/mol. The molecule has 1 atom stereocenters. The van der Waals surface area contributed by atoms with Crippen LogP contribution in [0.25, 0.3) is 0 Å².